The highest BCUT2D eigenvalue weighted by atomic mass is 32.1. The molecule has 1 fully saturated rings. The molecule has 1 atom stereocenters. The van der Waals surface area contributed by atoms with E-state index in [2.05, 4.69) is 10.6 Å². The summed E-state index contributed by atoms with van der Waals surface area (Å²) >= 11 is 1.39. The van der Waals surface area contributed by atoms with Gasteiger partial charge < -0.3 is 15.0 Å². The van der Waals surface area contributed by atoms with Crippen molar-refractivity contribution in [2.24, 2.45) is 0 Å². The number of carbonyl (C=O) groups is 4. The molecule has 3 rings (SSSR count). The maximum Gasteiger partial charge on any atom is 0.407 e. The average Bonchev–Trinajstić information content (AvgIpc) is 3.05. The van der Waals surface area contributed by atoms with Gasteiger partial charge in [0, 0.05) is 23.2 Å². The van der Waals surface area contributed by atoms with Crippen LogP contribution in [0.4, 0.5) is 4.79 Å². The highest BCUT2D eigenvalue weighted by Crippen LogP contribution is 2.33. The van der Waals surface area contributed by atoms with Crippen LogP contribution in [0.25, 0.3) is 0 Å². The number of fused-ring (bicyclic) bond motifs is 1. The zero-order chi connectivity index (χ0) is 19.1. The Morgan fingerprint density at radius 3 is 2.77 bits per heavy atom. The van der Waals surface area contributed by atoms with Crippen molar-refractivity contribution >= 4 is 35.2 Å². The van der Waals surface area contributed by atoms with E-state index >= 15 is 0 Å². The van der Waals surface area contributed by atoms with Crippen LogP contribution in [0, 0.1) is 0 Å². The van der Waals surface area contributed by atoms with Gasteiger partial charge in [0.2, 0.25) is 11.8 Å². The fraction of sp³-hybridized carbons (Fsp3) is 0.529. The van der Waals surface area contributed by atoms with Crippen molar-refractivity contribution in [3.8, 4) is 0 Å². The highest BCUT2D eigenvalue weighted by molar-refractivity contribution is 7.10. The van der Waals surface area contributed by atoms with Gasteiger partial charge in [0.1, 0.15) is 11.6 Å². The first-order valence-corrected chi connectivity index (χ1v) is 9.24. The average molecular weight is 379 g/mol. The molecule has 0 bridgehead atoms. The highest BCUT2D eigenvalue weighted by Gasteiger charge is 2.40. The first-order chi connectivity index (χ1) is 12.2. The number of alkyl carbamates (subject to hydrolysis) is 1. The Kier molecular flexibility index (Phi) is 4.74. The van der Waals surface area contributed by atoms with E-state index in [0.29, 0.717) is 18.5 Å². The minimum Gasteiger partial charge on any atom is -0.444 e. The van der Waals surface area contributed by atoms with Crippen molar-refractivity contribution in [3.05, 3.63) is 21.4 Å². The normalized spacial score (nSPS) is 20.0. The molecule has 3 heterocycles. The lowest BCUT2D eigenvalue weighted by atomic mass is 10.0. The Bertz CT molecular complexity index is 780. The zero-order valence-electron chi connectivity index (χ0n) is 14.9. The molecule has 0 radical (unpaired) electrons. The molecule has 1 saturated heterocycles. The Hall–Kier alpha value is -2.42. The van der Waals surface area contributed by atoms with Gasteiger partial charge in [0.05, 0.1) is 12.1 Å². The van der Waals surface area contributed by atoms with E-state index in [0.717, 1.165) is 10.4 Å². The number of carbonyl (C=O) groups excluding carboxylic acids is 4. The van der Waals surface area contributed by atoms with E-state index in [9.17, 15) is 19.2 Å². The molecule has 8 nitrogen and oxygen atoms in total. The molecule has 2 aliphatic rings. The van der Waals surface area contributed by atoms with Crippen LogP contribution in [0.15, 0.2) is 5.38 Å². The smallest absolute Gasteiger partial charge is 0.407 e. The second-order valence-corrected chi connectivity index (χ2v) is 8.27. The van der Waals surface area contributed by atoms with Gasteiger partial charge in [-0.3, -0.25) is 19.7 Å². The second kappa shape index (κ2) is 6.71. The fourth-order valence-corrected chi connectivity index (χ4v) is 3.99. The molecule has 4 amide bonds. The third-order valence-corrected chi connectivity index (χ3v) is 5.21. The molecular formula is C17H21N3O5S. The van der Waals surface area contributed by atoms with Crippen molar-refractivity contribution in [3.63, 3.8) is 0 Å². The summed E-state index contributed by atoms with van der Waals surface area (Å²) in [5, 5.41) is 6.72. The number of ether oxygens (including phenoxy) is 1. The maximum atomic E-state index is 12.6. The standard InChI is InChI=1S/C17H21N3O5S/c1-17(2,3)25-16(24)18-6-12-9-7-20(15(23)10(9)8-26-12)11-4-5-13(21)19-14(11)22/h8,11H,4-7H2,1-3H3,(H,18,24)(H,19,21,22). The molecule has 2 N–H and O–H groups in total. The lowest BCUT2D eigenvalue weighted by Crippen LogP contribution is -2.52. The number of imide groups is 1. The first kappa shape index (κ1) is 18.4. The number of nitrogens with one attached hydrogen (secondary N) is 2. The Labute approximate surface area is 154 Å². The minimum atomic E-state index is -0.635. The number of piperidine rings is 1. The van der Waals surface area contributed by atoms with Crippen molar-refractivity contribution in [2.45, 2.75) is 58.3 Å². The van der Waals surface area contributed by atoms with E-state index in [4.69, 9.17) is 4.74 Å². The predicted molar refractivity (Wildman–Crippen MR) is 93.4 cm³/mol. The van der Waals surface area contributed by atoms with Crippen LogP contribution in [0.3, 0.4) is 0 Å². The fourth-order valence-electron chi connectivity index (χ4n) is 3.02. The molecule has 1 aromatic rings. The van der Waals surface area contributed by atoms with E-state index < -0.39 is 23.6 Å². The van der Waals surface area contributed by atoms with Crippen LogP contribution in [-0.2, 0) is 27.4 Å². The van der Waals surface area contributed by atoms with Gasteiger partial charge in [-0.2, -0.15) is 0 Å². The largest absolute Gasteiger partial charge is 0.444 e. The molecule has 1 unspecified atom stereocenters. The molecule has 0 aromatic carbocycles. The molecule has 2 aliphatic heterocycles. The minimum absolute atomic E-state index is 0.214. The van der Waals surface area contributed by atoms with E-state index in [1.165, 1.54) is 16.2 Å². The summed E-state index contributed by atoms with van der Waals surface area (Å²) in [4.78, 5) is 50.1. The van der Waals surface area contributed by atoms with Crippen LogP contribution in [0.5, 0.6) is 0 Å². The van der Waals surface area contributed by atoms with Crippen molar-refractivity contribution in [1.82, 2.24) is 15.5 Å². The maximum absolute atomic E-state index is 12.6. The molecule has 140 valence electrons. The van der Waals surface area contributed by atoms with E-state index in [1.807, 2.05) is 0 Å². The lowest BCUT2D eigenvalue weighted by Gasteiger charge is -2.29. The topological polar surface area (TPSA) is 105 Å². The van der Waals surface area contributed by atoms with Crippen LogP contribution in [0.2, 0.25) is 0 Å². The van der Waals surface area contributed by atoms with Crippen LogP contribution in [0.1, 0.15) is 54.4 Å². The van der Waals surface area contributed by atoms with E-state index in [-0.39, 0.29) is 24.8 Å². The third kappa shape index (κ3) is 3.72. The molecular weight excluding hydrogens is 358 g/mol. The number of amides is 4. The summed E-state index contributed by atoms with van der Waals surface area (Å²) in [6.45, 7) is 5.91. The number of hydrogen-bond donors (Lipinski definition) is 2. The number of nitrogens with zero attached hydrogens (tertiary/aromatic N) is 1. The molecule has 0 saturated carbocycles. The predicted octanol–water partition coefficient (Wildman–Crippen LogP) is 1.53. The molecule has 9 heteroatoms. The summed E-state index contributed by atoms with van der Waals surface area (Å²) in [6, 6.07) is -0.635. The summed E-state index contributed by atoms with van der Waals surface area (Å²) in [5.41, 5.74) is 0.793. The third-order valence-electron chi connectivity index (χ3n) is 4.18. The van der Waals surface area contributed by atoms with Gasteiger partial charge in [0.25, 0.3) is 5.91 Å². The van der Waals surface area contributed by atoms with Crippen molar-refractivity contribution < 1.29 is 23.9 Å². The summed E-state index contributed by atoms with van der Waals surface area (Å²) in [7, 11) is 0. The number of thiophene rings is 1. The Morgan fingerprint density at radius 2 is 2.12 bits per heavy atom. The van der Waals surface area contributed by atoms with Crippen molar-refractivity contribution in [1.29, 1.82) is 0 Å². The molecule has 1 aromatic heterocycles. The van der Waals surface area contributed by atoms with E-state index in [1.54, 1.807) is 26.2 Å². The number of rotatable bonds is 3. The first-order valence-electron chi connectivity index (χ1n) is 8.36. The summed E-state index contributed by atoms with van der Waals surface area (Å²) in [6.07, 6.45) is 0.0291. The lowest BCUT2D eigenvalue weighted by molar-refractivity contribution is -0.136. The van der Waals surface area contributed by atoms with Gasteiger partial charge in [-0.1, -0.05) is 0 Å². The van der Waals surface area contributed by atoms with Crippen molar-refractivity contribution in [2.75, 3.05) is 0 Å². The number of hydrogen-bond acceptors (Lipinski definition) is 6. The zero-order valence-corrected chi connectivity index (χ0v) is 15.7. The second-order valence-electron chi connectivity index (χ2n) is 7.31. The molecule has 0 spiro atoms. The van der Waals surface area contributed by atoms with Crippen LogP contribution < -0.4 is 10.6 Å². The van der Waals surface area contributed by atoms with Crippen LogP contribution in [-0.4, -0.2) is 40.4 Å². The van der Waals surface area contributed by atoms with Gasteiger partial charge in [-0.25, -0.2) is 4.79 Å². The Balaban J connectivity index is 1.67. The van der Waals surface area contributed by atoms with Gasteiger partial charge >= 0.3 is 6.09 Å². The SMILES string of the molecule is CC(C)(C)OC(=O)NCc1scc2c1CN(C1CCC(=O)NC1=O)C2=O. The van der Waals surface area contributed by atoms with Gasteiger partial charge in [0.15, 0.2) is 0 Å². The summed E-state index contributed by atoms with van der Waals surface area (Å²) in [5.74, 6) is -0.958. The molecule has 26 heavy (non-hydrogen) atoms. The molecule has 0 aliphatic carbocycles. The Morgan fingerprint density at radius 1 is 1.38 bits per heavy atom. The van der Waals surface area contributed by atoms with Gasteiger partial charge in [-0.05, 0) is 32.8 Å². The van der Waals surface area contributed by atoms with Gasteiger partial charge in [-0.15, -0.1) is 11.3 Å². The monoisotopic (exact) mass is 379 g/mol. The summed E-state index contributed by atoms with van der Waals surface area (Å²) < 4.78 is 5.21. The van der Waals surface area contributed by atoms with Crippen LogP contribution >= 0.6 is 11.3 Å². The quantitative estimate of drug-likeness (QED) is 0.775.